The summed E-state index contributed by atoms with van der Waals surface area (Å²) < 4.78 is 25.1. The van der Waals surface area contributed by atoms with E-state index >= 15 is 0 Å². The summed E-state index contributed by atoms with van der Waals surface area (Å²) in [7, 11) is 0. The third-order valence-electron chi connectivity index (χ3n) is 2.04. The standard InChI is InChI=1S/C7H9F2IO/c8-7(9)3-1-5(2-4-7)6(10)11/h5H,1-4H2. The molecule has 0 N–H and O–H groups in total. The van der Waals surface area contributed by atoms with Crippen LogP contribution in [0.4, 0.5) is 8.78 Å². The van der Waals surface area contributed by atoms with Crippen molar-refractivity contribution in [3.63, 3.8) is 0 Å². The molecular formula is C7H9F2IO. The lowest BCUT2D eigenvalue weighted by molar-refractivity contribution is -0.116. The van der Waals surface area contributed by atoms with E-state index in [2.05, 4.69) is 0 Å². The SMILES string of the molecule is O=C(I)C1CCC(F)(F)CC1. The molecule has 11 heavy (non-hydrogen) atoms. The summed E-state index contributed by atoms with van der Waals surface area (Å²) in [6.07, 6.45) is 0.475. The van der Waals surface area contributed by atoms with Gasteiger partial charge in [0, 0.05) is 18.8 Å². The van der Waals surface area contributed by atoms with Crippen LogP contribution in [0.3, 0.4) is 0 Å². The zero-order chi connectivity index (χ0) is 8.48. The van der Waals surface area contributed by atoms with Gasteiger partial charge >= 0.3 is 0 Å². The van der Waals surface area contributed by atoms with Gasteiger partial charge < -0.3 is 0 Å². The van der Waals surface area contributed by atoms with Gasteiger partial charge in [0.15, 0.2) is 3.79 Å². The minimum Gasteiger partial charge on any atom is -0.287 e. The van der Waals surface area contributed by atoms with Crippen LogP contribution in [0.5, 0.6) is 0 Å². The molecule has 64 valence electrons. The summed E-state index contributed by atoms with van der Waals surface area (Å²) in [4.78, 5) is 10.8. The second kappa shape index (κ2) is 3.33. The van der Waals surface area contributed by atoms with Crippen molar-refractivity contribution in [1.82, 2.24) is 0 Å². The summed E-state index contributed by atoms with van der Waals surface area (Å²) in [5.74, 6) is -2.63. The van der Waals surface area contributed by atoms with E-state index < -0.39 is 5.92 Å². The zero-order valence-electron chi connectivity index (χ0n) is 5.95. The topological polar surface area (TPSA) is 17.1 Å². The maximum absolute atomic E-state index is 12.5. The first-order chi connectivity index (χ1) is 5.01. The largest absolute Gasteiger partial charge is 0.287 e. The van der Waals surface area contributed by atoms with Crippen molar-refractivity contribution in [3.05, 3.63) is 0 Å². The second-order valence-electron chi connectivity index (χ2n) is 2.93. The molecule has 0 heterocycles. The lowest BCUT2D eigenvalue weighted by Gasteiger charge is -2.25. The molecule has 0 unspecified atom stereocenters. The molecule has 0 aromatic carbocycles. The molecule has 0 aromatic rings. The van der Waals surface area contributed by atoms with Crippen molar-refractivity contribution < 1.29 is 13.6 Å². The van der Waals surface area contributed by atoms with Crippen molar-refractivity contribution in [1.29, 1.82) is 0 Å². The highest BCUT2D eigenvalue weighted by molar-refractivity contribution is 14.1. The van der Waals surface area contributed by atoms with E-state index in [1.807, 2.05) is 0 Å². The Labute approximate surface area is 77.7 Å². The average Bonchev–Trinajstić information content (AvgIpc) is 1.86. The number of hydrogen-bond acceptors (Lipinski definition) is 1. The quantitative estimate of drug-likeness (QED) is 0.530. The molecule has 4 heteroatoms. The molecule has 0 aromatic heterocycles. The first-order valence-corrected chi connectivity index (χ1v) is 4.66. The molecule has 0 radical (unpaired) electrons. The molecule has 1 rings (SSSR count). The summed E-state index contributed by atoms with van der Waals surface area (Å²) in [5.41, 5.74) is 0. The van der Waals surface area contributed by atoms with Gasteiger partial charge in [-0.25, -0.2) is 8.78 Å². The fourth-order valence-corrected chi connectivity index (χ4v) is 1.89. The number of alkyl halides is 2. The molecule has 0 bridgehead atoms. The molecule has 1 fully saturated rings. The first-order valence-electron chi connectivity index (χ1n) is 3.58. The Hall–Kier alpha value is 0.260. The molecule has 0 spiro atoms. The van der Waals surface area contributed by atoms with Crippen LogP contribution < -0.4 is 0 Å². The van der Waals surface area contributed by atoms with E-state index in [4.69, 9.17) is 0 Å². The lowest BCUT2D eigenvalue weighted by Crippen LogP contribution is -2.26. The van der Waals surface area contributed by atoms with Crippen LogP contribution in [0.25, 0.3) is 0 Å². The van der Waals surface area contributed by atoms with Crippen LogP contribution >= 0.6 is 22.6 Å². The predicted molar refractivity (Wildman–Crippen MR) is 45.9 cm³/mol. The minimum atomic E-state index is -2.51. The Bertz CT molecular complexity index is 160. The van der Waals surface area contributed by atoms with Gasteiger partial charge in [0.1, 0.15) is 0 Å². The van der Waals surface area contributed by atoms with Gasteiger partial charge in [-0.3, -0.25) is 4.79 Å². The summed E-state index contributed by atoms with van der Waals surface area (Å²) in [5, 5.41) is 0. The highest BCUT2D eigenvalue weighted by Crippen LogP contribution is 2.37. The first kappa shape index (κ1) is 9.35. The predicted octanol–water partition coefficient (Wildman–Crippen LogP) is 2.77. The number of carbonyl (C=O) groups is 1. The number of hydrogen-bond donors (Lipinski definition) is 0. The van der Waals surface area contributed by atoms with Gasteiger partial charge in [-0.05, 0) is 35.4 Å². The summed E-state index contributed by atoms with van der Waals surface area (Å²) in [6, 6.07) is 0. The van der Waals surface area contributed by atoms with Crippen molar-refractivity contribution in [2.75, 3.05) is 0 Å². The Balaban J connectivity index is 2.42. The van der Waals surface area contributed by atoms with Gasteiger partial charge in [-0.1, -0.05) is 0 Å². The Morgan fingerprint density at radius 3 is 2.18 bits per heavy atom. The van der Waals surface area contributed by atoms with E-state index in [9.17, 15) is 13.6 Å². The highest BCUT2D eigenvalue weighted by Gasteiger charge is 2.36. The molecule has 1 saturated carbocycles. The van der Waals surface area contributed by atoms with Crippen LogP contribution in [0.1, 0.15) is 25.7 Å². The molecule has 1 nitrogen and oxygen atoms in total. The molecular weight excluding hydrogens is 265 g/mol. The maximum atomic E-state index is 12.5. The molecule has 1 aliphatic rings. The lowest BCUT2D eigenvalue weighted by atomic mass is 9.88. The van der Waals surface area contributed by atoms with Gasteiger partial charge in [0.05, 0.1) is 0 Å². The molecule has 0 aliphatic heterocycles. The molecule has 0 amide bonds. The van der Waals surface area contributed by atoms with Crippen molar-refractivity contribution in [3.8, 4) is 0 Å². The summed E-state index contributed by atoms with van der Waals surface area (Å²) >= 11 is 1.69. The van der Waals surface area contributed by atoms with Crippen molar-refractivity contribution >= 4 is 26.4 Å². The third kappa shape index (κ3) is 2.65. The van der Waals surface area contributed by atoms with Gasteiger partial charge in [0.2, 0.25) is 5.92 Å². The normalized spacial score (nSPS) is 25.0. The maximum Gasteiger partial charge on any atom is 0.248 e. The van der Waals surface area contributed by atoms with E-state index in [0.717, 1.165) is 0 Å². The van der Waals surface area contributed by atoms with Crippen molar-refractivity contribution in [2.45, 2.75) is 31.6 Å². The van der Waals surface area contributed by atoms with Crippen LogP contribution in [0, 0.1) is 5.92 Å². The van der Waals surface area contributed by atoms with Crippen LogP contribution in [0.15, 0.2) is 0 Å². The number of rotatable bonds is 1. The van der Waals surface area contributed by atoms with Crippen LogP contribution in [-0.2, 0) is 4.79 Å². The van der Waals surface area contributed by atoms with E-state index in [1.165, 1.54) is 0 Å². The van der Waals surface area contributed by atoms with Crippen LogP contribution in [-0.4, -0.2) is 9.71 Å². The molecule has 0 saturated heterocycles. The Morgan fingerprint density at radius 1 is 1.36 bits per heavy atom. The Morgan fingerprint density at radius 2 is 1.82 bits per heavy atom. The second-order valence-corrected chi connectivity index (χ2v) is 4.00. The molecule has 1 aliphatic carbocycles. The third-order valence-corrected chi connectivity index (χ3v) is 2.92. The van der Waals surface area contributed by atoms with E-state index in [1.54, 1.807) is 22.6 Å². The van der Waals surface area contributed by atoms with E-state index in [0.29, 0.717) is 12.8 Å². The van der Waals surface area contributed by atoms with E-state index in [-0.39, 0.29) is 22.5 Å². The van der Waals surface area contributed by atoms with Gasteiger partial charge in [0.25, 0.3) is 0 Å². The number of carbonyl (C=O) groups excluding carboxylic acids is 1. The zero-order valence-corrected chi connectivity index (χ0v) is 8.11. The fourth-order valence-electron chi connectivity index (χ4n) is 1.27. The molecule has 0 atom stereocenters. The van der Waals surface area contributed by atoms with Crippen molar-refractivity contribution in [2.24, 2.45) is 5.92 Å². The number of halogens is 3. The van der Waals surface area contributed by atoms with Gasteiger partial charge in [-0.15, -0.1) is 0 Å². The minimum absolute atomic E-state index is 0.0260. The van der Waals surface area contributed by atoms with Gasteiger partial charge in [-0.2, -0.15) is 0 Å². The summed E-state index contributed by atoms with van der Waals surface area (Å²) in [6.45, 7) is 0. The highest BCUT2D eigenvalue weighted by atomic mass is 127. The fraction of sp³-hybridized carbons (Fsp3) is 0.857. The smallest absolute Gasteiger partial charge is 0.248 e. The average molecular weight is 274 g/mol. The van der Waals surface area contributed by atoms with Crippen LogP contribution in [0.2, 0.25) is 0 Å². The Kier molecular flexibility index (Phi) is 2.83. The monoisotopic (exact) mass is 274 g/mol.